The monoisotopic (exact) mass is 352 g/mol. The number of rotatable bonds is 9. The molecule has 130 valence electrons. The van der Waals surface area contributed by atoms with Crippen LogP contribution in [0.2, 0.25) is 0 Å². The topological polar surface area (TPSA) is 171 Å². The molecular weight excluding hydrogens is 335 g/mol. The van der Waals surface area contributed by atoms with E-state index in [1.807, 2.05) is 0 Å². The fraction of sp³-hybridized carbons (Fsp3) is 0.500. The van der Waals surface area contributed by atoms with Crippen molar-refractivity contribution in [1.82, 2.24) is 14.6 Å². The zero-order valence-corrected chi connectivity index (χ0v) is 12.8. The molecule has 0 aliphatic heterocycles. The van der Waals surface area contributed by atoms with Gasteiger partial charge in [0, 0.05) is 18.3 Å². The first-order chi connectivity index (χ1) is 10.6. The van der Waals surface area contributed by atoms with Gasteiger partial charge in [-0.3, -0.25) is 14.0 Å². The molecule has 1 aromatic heterocycles. The second-order valence-corrected chi connectivity index (χ2v) is 6.33. The Bertz CT molecular complexity index is 675. The predicted octanol–water partition coefficient (Wildman–Crippen LogP) is -0.269. The van der Waals surface area contributed by atoms with Crippen molar-refractivity contribution in [2.45, 2.75) is 24.8 Å². The van der Waals surface area contributed by atoms with Gasteiger partial charge in [0.25, 0.3) is 10.1 Å². The highest BCUT2D eigenvalue weighted by Gasteiger charge is 2.23. The number of nitrogens with zero attached hydrogens (tertiary/aromatic N) is 4. The van der Waals surface area contributed by atoms with Crippen LogP contribution in [0.1, 0.15) is 12.8 Å². The number of hydrogen-bond donors (Lipinski definition) is 3. The van der Waals surface area contributed by atoms with E-state index in [1.165, 1.54) is 12.4 Å². The minimum atomic E-state index is -4.45. The average molecular weight is 352 g/mol. The fourth-order valence-electron chi connectivity index (χ4n) is 1.81. The van der Waals surface area contributed by atoms with Gasteiger partial charge in [-0.05, 0) is 11.3 Å². The Kier molecular flexibility index (Phi) is 6.41. The van der Waals surface area contributed by atoms with Crippen molar-refractivity contribution in [3.8, 4) is 0 Å². The molecule has 0 spiro atoms. The number of hydrazine groups is 1. The Morgan fingerprint density at radius 2 is 2.30 bits per heavy atom. The molecule has 0 radical (unpaired) electrons. The largest absolute Gasteiger partial charge is 0.436 e. The maximum absolute atomic E-state index is 12.3. The molecular formula is C10H17FN6O5S. The molecule has 1 rings (SSSR count). The van der Waals surface area contributed by atoms with E-state index >= 15 is 0 Å². The summed E-state index contributed by atoms with van der Waals surface area (Å²) in [6.07, 6.45) is 2.94. The number of halogens is 1. The van der Waals surface area contributed by atoms with E-state index in [0.717, 1.165) is 15.8 Å². The van der Waals surface area contributed by atoms with Crippen LogP contribution in [0.3, 0.4) is 0 Å². The molecule has 1 heterocycles. The lowest BCUT2D eigenvalue weighted by Crippen LogP contribution is -2.30. The summed E-state index contributed by atoms with van der Waals surface area (Å²) in [6, 6.07) is 0. The molecule has 13 heteroatoms. The molecule has 0 aliphatic carbocycles. The third kappa shape index (κ3) is 5.80. The molecule has 0 saturated carbocycles. The lowest BCUT2D eigenvalue weighted by atomic mass is 10.2. The van der Waals surface area contributed by atoms with Crippen molar-refractivity contribution < 1.29 is 22.3 Å². The van der Waals surface area contributed by atoms with Gasteiger partial charge in [0.1, 0.15) is 12.4 Å². The van der Waals surface area contributed by atoms with Crippen LogP contribution >= 0.6 is 0 Å². The Morgan fingerprint density at radius 1 is 1.65 bits per heavy atom. The molecule has 0 fully saturated rings. The maximum Gasteiger partial charge on any atom is 0.436 e. The summed E-state index contributed by atoms with van der Waals surface area (Å²) in [6.45, 7) is -1.11. The third-order valence-electron chi connectivity index (χ3n) is 2.82. The van der Waals surface area contributed by atoms with Crippen LogP contribution in [0, 0.1) is 10.1 Å². The first kappa shape index (κ1) is 18.8. The van der Waals surface area contributed by atoms with E-state index in [1.54, 1.807) is 0 Å². The number of nitro groups is 1. The molecule has 1 atom stereocenters. The van der Waals surface area contributed by atoms with Gasteiger partial charge in [0.15, 0.2) is 6.67 Å². The van der Waals surface area contributed by atoms with Crippen LogP contribution < -0.4 is 11.6 Å². The molecule has 1 unspecified atom stereocenters. The van der Waals surface area contributed by atoms with Crippen molar-refractivity contribution in [3.63, 3.8) is 0 Å². The Balaban J connectivity index is 2.76. The summed E-state index contributed by atoms with van der Waals surface area (Å²) < 4.78 is 44.6. The molecule has 0 amide bonds. The van der Waals surface area contributed by atoms with Crippen molar-refractivity contribution >= 4 is 16.1 Å². The van der Waals surface area contributed by atoms with Gasteiger partial charge in [-0.15, -0.1) is 0 Å². The van der Waals surface area contributed by atoms with Crippen LogP contribution in [-0.2, 0) is 16.8 Å². The van der Waals surface area contributed by atoms with Crippen LogP contribution in [0.5, 0.6) is 0 Å². The van der Waals surface area contributed by atoms with E-state index in [9.17, 15) is 22.9 Å². The summed E-state index contributed by atoms with van der Waals surface area (Å²) >= 11 is 0. The second kappa shape index (κ2) is 7.85. The minimum absolute atomic E-state index is 0.0358. The minimum Gasteiger partial charge on any atom is -0.401 e. The fourth-order valence-corrected chi connectivity index (χ4v) is 2.60. The molecule has 11 nitrogen and oxygen atoms in total. The van der Waals surface area contributed by atoms with Crippen LogP contribution in [0.4, 0.5) is 10.3 Å². The van der Waals surface area contributed by atoms with Gasteiger partial charge in [0.2, 0.25) is 0 Å². The number of hydrogen-bond acceptors (Lipinski definition) is 8. The van der Waals surface area contributed by atoms with E-state index in [0.29, 0.717) is 0 Å². The summed E-state index contributed by atoms with van der Waals surface area (Å²) in [5.74, 6) is 5.18. The molecule has 0 aliphatic rings. The SMILES string of the molecule is N/C(=C\N(N)Cn1ccnc1[N+](=O)[O-])CC(CCF)S(=O)(=O)O. The third-order valence-corrected chi connectivity index (χ3v) is 4.06. The molecule has 1 aromatic rings. The second-order valence-electron chi connectivity index (χ2n) is 4.63. The molecule has 0 aromatic carbocycles. The lowest BCUT2D eigenvalue weighted by Gasteiger charge is -2.16. The number of allylic oxidation sites excluding steroid dienone is 1. The molecule has 5 N–H and O–H groups in total. The first-order valence-electron chi connectivity index (χ1n) is 6.30. The van der Waals surface area contributed by atoms with Crippen molar-refractivity contribution in [1.29, 1.82) is 0 Å². The lowest BCUT2D eigenvalue weighted by molar-refractivity contribution is -0.397. The number of nitrogens with two attached hydrogens (primary N) is 2. The van der Waals surface area contributed by atoms with Gasteiger partial charge in [0.05, 0.1) is 11.9 Å². The Morgan fingerprint density at radius 3 is 2.83 bits per heavy atom. The van der Waals surface area contributed by atoms with E-state index in [4.69, 9.17) is 16.1 Å². The molecule has 0 saturated heterocycles. The van der Waals surface area contributed by atoms with Crippen LogP contribution in [0.15, 0.2) is 24.3 Å². The van der Waals surface area contributed by atoms with E-state index in [-0.39, 0.29) is 18.8 Å². The molecule has 0 bridgehead atoms. The standard InChI is InChI=1S/C10H17FN6O5S/c11-2-1-9(23(20,21)22)5-8(12)6-16(13)7-15-4-3-14-10(15)17(18)19/h3-4,6,9H,1-2,5,7,12-13H2,(H,20,21,22)/b8-6-. The van der Waals surface area contributed by atoms with Gasteiger partial charge >= 0.3 is 5.95 Å². The Labute approximate surface area is 131 Å². The number of imidazole rings is 1. The predicted molar refractivity (Wildman–Crippen MR) is 77.7 cm³/mol. The number of alkyl halides is 1. The van der Waals surface area contributed by atoms with E-state index < -0.39 is 39.3 Å². The average Bonchev–Trinajstić information content (AvgIpc) is 2.85. The summed E-state index contributed by atoms with van der Waals surface area (Å²) in [5.41, 5.74) is 5.58. The van der Waals surface area contributed by atoms with Gasteiger partial charge < -0.3 is 15.8 Å². The van der Waals surface area contributed by atoms with Crippen molar-refractivity contribution in [3.05, 3.63) is 34.4 Å². The highest BCUT2D eigenvalue weighted by molar-refractivity contribution is 7.86. The van der Waals surface area contributed by atoms with Crippen molar-refractivity contribution in [2.24, 2.45) is 11.6 Å². The highest BCUT2D eigenvalue weighted by atomic mass is 32.2. The van der Waals surface area contributed by atoms with E-state index in [2.05, 4.69) is 4.98 Å². The maximum atomic E-state index is 12.3. The Hall–Kier alpha value is -2.25. The van der Waals surface area contributed by atoms with Gasteiger partial charge in [-0.1, -0.05) is 4.98 Å². The first-order valence-corrected chi connectivity index (χ1v) is 7.80. The zero-order valence-electron chi connectivity index (χ0n) is 11.9. The van der Waals surface area contributed by atoms with Crippen LogP contribution in [-0.4, -0.2) is 44.4 Å². The highest BCUT2D eigenvalue weighted by Crippen LogP contribution is 2.14. The normalized spacial score (nSPS) is 13.8. The summed E-state index contributed by atoms with van der Waals surface area (Å²) in [5, 5.41) is 10.3. The van der Waals surface area contributed by atoms with Gasteiger partial charge in [-0.2, -0.15) is 8.42 Å². The quantitative estimate of drug-likeness (QED) is 0.234. The van der Waals surface area contributed by atoms with Gasteiger partial charge in [-0.25, -0.2) is 10.4 Å². The summed E-state index contributed by atoms with van der Waals surface area (Å²) in [7, 11) is -4.45. The van der Waals surface area contributed by atoms with Crippen molar-refractivity contribution in [2.75, 3.05) is 6.67 Å². The smallest absolute Gasteiger partial charge is 0.401 e. The zero-order chi connectivity index (χ0) is 17.6. The number of aromatic nitrogens is 2. The summed E-state index contributed by atoms with van der Waals surface area (Å²) in [4.78, 5) is 13.5. The van der Waals surface area contributed by atoms with Crippen LogP contribution in [0.25, 0.3) is 0 Å². The molecule has 23 heavy (non-hydrogen) atoms.